The summed E-state index contributed by atoms with van der Waals surface area (Å²) in [7, 11) is 0. The second-order valence-electron chi connectivity index (χ2n) is 8.51. The summed E-state index contributed by atoms with van der Waals surface area (Å²) in [5.41, 5.74) is 7.33. The predicted molar refractivity (Wildman–Crippen MR) is 131 cm³/mol. The fourth-order valence-electron chi connectivity index (χ4n) is 3.95. The van der Waals surface area contributed by atoms with Gasteiger partial charge in [-0.3, -0.25) is 0 Å². The molecule has 0 saturated carbocycles. The molecule has 1 aromatic carbocycles. The van der Waals surface area contributed by atoms with Crippen molar-refractivity contribution in [3.8, 4) is 10.6 Å². The van der Waals surface area contributed by atoms with Gasteiger partial charge in [0, 0.05) is 11.2 Å². The van der Waals surface area contributed by atoms with Crippen LogP contribution in [-0.4, -0.2) is 50.1 Å². The zero-order chi connectivity index (χ0) is 22.7. The average Bonchev–Trinajstić information content (AvgIpc) is 3.41. The summed E-state index contributed by atoms with van der Waals surface area (Å²) in [6, 6.07) is 14.4. The van der Waals surface area contributed by atoms with E-state index < -0.39 is 12.2 Å². The van der Waals surface area contributed by atoms with Gasteiger partial charge in [-0.05, 0) is 60.9 Å². The molecule has 0 spiro atoms. The molecule has 3 aromatic heterocycles. The Balaban J connectivity index is 1.42. The monoisotopic (exact) mass is 453 g/mol. The second-order valence-corrected chi connectivity index (χ2v) is 9.59. The van der Waals surface area contributed by atoms with Crippen LogP contribution in [0.25, 0.3) is 26.3 Å². The largest absolute Gasteiger partial charge is 0.390 e. The van der Waals surface area contributed by atoms with Crippen molar-refractivity contribution in [3.63, 3.8) is 0 Å². The minimum atomic E-state index is -0.776. The molecule has 32 heavy (non-hydrogen) atoms. The molecule has 0 aliphatic rings. The number of hydrogen-bond donors (Lipinski definition) is 4. The lowest BCUT2D eigenvalue weighted by molar-refractivity contribution is -0.0420. The van der Waals surface area contributed by atoms with Crippen LogP contribution in [-0.2, 0) is 0 Å². The van der Waals surface area contributed by atoms with Crippen molar-refractivity contribution < 1.29 is 10.2 Å². The van der Waals surface area contributed by atoms with Gasteiger partial charge in [-0.25, -0.2) is 9.50 Å². The third kappa shape index (κ3) is 4.78. The average molecular weight is 454 g/mol. The summed E-state index contributed by atoms with van der Waals surface area (Å²) in [5.74, 6) is 0.670. The number of benzene rings is 1. The number of aromatic nitrogens is 3. The molecule has 0 saturated heterocycles. The van der Waals surface area contributed by atoms with Crippen LogP contribution in [0.2, 0.25) is 0 Å². The number of thiophene rings is 1. The summed E-state index contributed by atoms with van der Waals surface area (Å²) in [6.07, 6.45) is 1.72. The van der Waals surface area contributed by atoms with Gasteiger partial charge in [0.15, 0.2) is 5.65 Å². The molecule has 0 amide bonds. The number of rotatable bonds is 10. The smallest absolute Gasteiger partial charge is 0.154 e. The van der Waals surface area contributed by atoms with Crippen molar-refractivity contribution in [2.24, 2.45) is 17.6 Å². The van der Waals surface area contributed by atoms with E-state index in [1.54, 1.807) is 11.3 Å². The molecule has 0 aliphatic carbocycles. The fourth-order valence-corrected chi connectivity index (χ4v) is 5.01. The van der Waals surface area contributed by atoms with Crippen LogP contribution in [0.3, 0.4) is 0 Å². The molecule has 4 rings (SSSR count). The maximum absolute atomic E-state index is 10.5. The first kappa shape index (κ1) is 22.7. The summed E-state index contributed by atoms with van der Waals surface area (Å²) < 4.78 is 3.10. The van der Waals surface area contributed by atoms with Gasteiger partial charge in [-0.15, -0.1) is 16.4 Å². The van der Waals surface area contributed by atoms with Gasteiger partial charge in [0.25, 0.3) is 0 Å². The molecular weight excluding hydrogens is 422 g/mol. The SMILES string of the molecule is CC(CCN)C(O)C(O)C(C)CCNc1ccc2ncc(-c3cc4ccccc4s3)n2n1. The highest BCUT2D eigenvalue weighted by atomic mass is 32.1. The number of anilines is 1. The number of nitrogens with two attached hydrogens (primary N) is 1. The summed E-state index contributed by atoms with van der Waals surface area (Å²) in [4.78, 5) is 5.62. The molecule has 5 N–H and O–H groups in total. The lowest BCUT2D eigenvalue weighted by atomic mass is 9.88. The third-order valence-corrected chi connectivity index (χ3v) is 7.22. The third-order valence-electron chi connectivity index (χ3n) is 6.08. The van der Waals surface area contributed by atoms with E-state index >= 15 is 0 Å². The summed E-state index contributed by atoms with van der Waals surface area (Å²) in [6.45, 7) is 5.02. The van der Waals surface area contributed by atoms with Crippen LogP contribution in [0.4, 0.5) is 5.82 Å². The van der Waals surface area contributed by atoms with E-state index in [1.807, 2.05) is 48.8 Å². The molecule has 0 radical (unpaired) electrons. The number of nitrogens with zero attached hydrogens (tertiary/aromatic N) is 3. The van der Waals surface area contributed by atoms with Gasteiger partial charge in [-0.1, -0.05) is 32.0 Å². The lowest BCUT2D eigenvalue weighted by Crippen LogP contribution is -2.38. The van der Waals surface area contributed by atoms with Crippen LogP contribution < -0.4 is 11.1 Å². The minimum absolute atomic E-state index is 0.0250. The van der Waals surface area contributed by atoms with Crippen LogP contribution >= 0.6 is 11.3 Å². The van der Waals surface area contributed by atoms with Crippen molar-refractivity contribution in [3.05, 3.63) is 48.7 Å². The van der Waals surface area contributed by atoms with Gasteiger partial charge >= 0.3 is 0 Å². The van der Waals surface area contributed by atoms with Crippen molar-refractivity contribution >= 4 is 32.9 Å². The van der Waals surface area contributed by atoms with Gasteiger partial charge < -0.3 is 21.3 Å². The van der Waals surface area contributed by atoms with Gasteiger partial charge in [0.05, 0.1) is 23.3 Å². The maximum atomic E-state index is 10.5. The summed E-state index contributed by atoms with van der Waals surface area (Å²) >= 11 is 1.73. The fraction of sp³-hybridized carbons (Fsp3) is 0.417. The highest BCUT2D eigenvalue weighted by molar-refractivity contribution is 7.22. The van der Waals surface area contributed by atoms with E-state index in [1.165, 1.54) is 10.1 Å². The summed E-state index contributed by atoms with van der Waals surface area (Å²) in [5, 5.41) is 30.1. The van der Waals surface area contributed by atoms with Crippen molar-refractivity contribution in [1.82, 2.24) is 14.6 Å². The van der Waals surface area contributed by atoms with E-state index in [2.05, 4.69) is 28.5 Å². The van der Waals surface area contributed by atoms with Gasteiger partial charge in [0.2, 0.25) is 0 Å². The van der Waals surface area contributed by atoms with Crippen LogP contribution in [0, 0.1) is 11.8 Å². The number of aliphatic hydroxyl groups is 2. The van der Waals surface area contributed by atoms with E-state index in [4.69, 9.17) is 10.8 Å². The van der Waals surface area contributed by atoms with Crippen molar-refractivity contribution in [2.75, 3.05) is 18.4 Å². The number of aliphatic hydroxyl groups excluding tert-OH is 2. The number of imidazole rings is 1. The molecule has 0 fully saturated rings. The molecule has 0 bridgehead atoms. The molecule has 170 valence electrons. The topological polar surface area (TPSA) is 109 Å². The number of hydrogen-bond acceptors (Lipinski definition) is 7. The molecule has 8 heteroatoms. The normalized spacial score (nSPS) is 15.7. The Morgan fingerprint density at radius 3 is 2.56 bits per heavy atom. The maximum Gasteiger partial charge on any atom is 0.154 e. The lowest BCUT2D eigenvalue weighted by Gasteiger charge is -2.28. The quantitative estimate of drug-likeness (QED) is 0.291. The van der Waals surface area contributed by atoms with E-state index in [-0.39, 0.29) is 11.8 Å². The Kier molecular flexibility index (Phi) is 7.05. The molecule has 4 atom stereocenters. The zero-order valence-electron chi connectivity index (χ0n) is 18.5. The minimum Gasteiger partial charge on any atom is -0.390 e. The molecular formula is C24H31N5O2S. The Morgan fingerprint density at radius 1 is 1.06 bits per heavy atom. The zero-order valence-corrected chi connectivity index (χ0v) is 19.3. The van der Waals surface area contributed by atoms with Gasteiger partial charge in [0.1, 0.15) is 11.5 Å². The van der Waals surface area contributed by atoms with Crippen LogP contribution in [0.1, 0.15) is 26.7 Å². The van der Waals surface area contributed by atoms with Crippen LogP contribution in [0.5, 0.6) is 0 Å². The first-order valence-corrected chi connectivity index (χ1v) is 11.9. The molecule has 4 aromatic rings. The molecule has 0 aliphatic heterocycles. The number of fused-ring (bicyclic) bond motifs is 2. The Bertz CT molecular complexity index is 1140. The Hall–Kier alpha value is -2.52. The Morgan fingerprint density at radius 2 is 1.81 bits per heavy atom. The van der Waals surface area contributed by atoms with Crippen molar-refractivity contribution in [2.45, 2.75) is 38.9 Å². The predicted octanol–water partition coefficient (Wildman–Crippen LogP) is 3.76. The molecule has 7 nitrogen and oxygen atoms in total. The highest BCUT2D eigenvalue weighted by Gasteiger charge is 2.26. The van der Waals surface area contributed by atoms with Crippen LogP contribution in [0.15, 0.2) is 48.7 Å². The first-order chi connectivity index (χ1) is 15.5. The highest BCUT2D eigenvalue weighted by Crippen LogP contribution is 2.33. The standard InChI is InChI=1S/C24H31N5O2S/c1-15(9-11-25)23(30)24(31)16(2)10-12-26-21-7-8-22-27-14-18(29(22)28-21)20-13-17-5-3-4-6-19(17)32-20/h3-8,13-16,23-24,30-31H,9-12,25H2,1-2H3,(H,26,28). The van der Waals surface area contributed by atoms with E-state index in [0.717, 1.165) is 22.0 Å². The number of nitrogens with one attached hydrogen (secondary N) is 1. The molecule has 3 heterocycles. The second kappa shape index (κ2) is 9.95. The van der Waals surface area contributed by atoms with E-state index in [9.17, 15) is 10.2 Å². The molecule has 4 unspecified atom stereocenters. The van der Waals surface area contributed by atoms with E-state index in [0.29, 0.717) is 25.9 Å². The van der Waals surface area contributed by atoms with Crippen molar-refractivity contribution in [1.29, 1.82) is 0 Å². The first-order valence-electron chi connectivity index (χ1n) is 11.1. The van der Waals surface area contributed by atoms with Gasteiger partial charge in [-0.2, -0.15) is 0 Å². The Labute approximate surface area is 191 Å².